The maximum absolute atomic E-state index is 5.77. The minimum atomic E-state index is 0.249. The Morgan fingerprint density at radius 2 is 2.45 bits per heavy atom. The van der Waals surface area contributed by atoms with Gasteiger partial charge in [0.05, 0.1) is 6.17 Å². The van der Waals surface area contributed by atoms with Gasteiger partial charge in [-0.15, -0.1) is 0 Å². The molecule has 0 aromatic rings. The molecule has 2 rings (SSSR count). The molecule has 0 saturated carbocycles. The van der Waals surface area contributed by atoms with Crippen LogP contribution in [0.25, 0.3) is 0 Å². The summed E-state index contributed by atoms with van der Waals surface area (Å²) >= 11 is 0. The van der Waals surface area contributed by atoms with Crippen LogP contribution in [0.1, 0.15) is 19.8 Å². The van der Waals surface area contributed by atoms with Crippen LogP contribution in [0.2, 0.25) is 0 Å². The van der Waals surface area contributed by atoms with Crippen molar-refractivity contribution in [1.29, 1.82) is 0 Å². The summed E-state index contributed by atoms with van der Waals surface area (Å²) in [7, 11) is 0. The van der Waals surface area contributed by atoms with Gasteiger partial charge in [-0.25, -0.2) is 0 Å². The van der Waals surface area contributed by atoms with E-state index in [4.69, 9.17) is 5.73 Å². The monoisotopic (exact) mass is 152 g/mol. The Kier molecular flexibility index (Phi) is 1.74. The molecule has 1 aliphatic carbocycles. The second-order valence-corrected chi connectivity index (χ2v) is 3.65. The largest absolute Gasteiger partial charge is 0.315 e. The maximum atomic E-state index is 5.77. The summed E-state index contributed by atoms with van der Waals surface area (Å²) < 4.78 is 0. The predicted molar refractivity (Wildman–Crippen MR) is 45.9 cm³/mol. The first-order valence-electron chi connectivity index (χ1n) is 4.50. The summed E-state index contributed by atoms with van der Waals surface area (Å²) in [6.45, 7) is 3.35. The lowest BCUT2D eigenvalue weighted by molar-refractivity contribution is 0.256. The Morgan fingerprint density at radius 3 is 2.82 bits per heavy atom. The molecule has 1 saturated heterocycles. The Hall–Kier alpha value is -0.340. The van der Waals surface area contributed by atoms with Crippen LogP contribution in [0.4, 0.5) is 0 Å². The molecule has 11 heavy (non-hydrogen) atoms. The summed E-state index contributed by atoms with van der Waals surface area (Å²) in [4.78, 5) is 0. The van der Waals surface area contributed by atoms with Crippen LogP contribution < -0.4 is 11.1 Å². The molecule has 1 heterocycles. The molecule has 0 aromatic carbocycles. The van der Waals surface area contributed by atoms with Crippen LogP contribution in [-0.2, 0) is 0 Å². The molecule has 0 amide bonds. The average Bonchev–Trinajstić information content (AvgIpc) is 1.92. The summed E-state index contributed by atoms with van der Waals surface area (Å²) in [5, 5.41) is 3.18. The van der Waals surface area contributed by atoms with Crippen molar-refractivity contribution in [2.24, 2.45) is 17.6 Å². The first kappa shape index (κ1) is 7.32. The molecule has 1 fully saturated rings. The molecule has 3 atom stereocenters. The molecule has 2 heteroatoms. The van der Waals surface area contributed by atoms with Gasteiger partial charge in [-0.1, -0.05) is 18.6 Å². The van der Waals surface area contributed by atoms with Gasteiger partial charge in [0.25, 0.3) is 0 Å². The van der Waals surface area contributed by atoms with Gasteiger partial charge in [-0.3, -0.25) is 0 Å². The van der Waals surface area contributed by atoms with Crippen LogP contribution in [-0.4, -0.2) is 12.7 Å². The summed E-state index contributed by atoms with van der Waals surface area (Å²) in [5.41, 5.74) is 7.37. The zero-order valence-corrected chi connectivity index (χ0v) is 7.01. The molecule has 1 unspecified atom stereocenters. The number of rotatable bonds is 2. The quantitative estimate of drug-likeness (QED) is 0.576. The topological polar surface area (TPSA) is 38.0 Å². The lowest BCUT2D eigenvalue weighted by Gasteiger charge is -2.41. The molecule has 2 aliphatic rings. The van der Waals surface area contributed by atoms with Gasteiger partial charge in [0, 0.05) is 12.5 Å². The lowest BCUT2D eigenvalue weighted by atomic mass is 9.74. The van der Waals surface area contributed by atoms with Gasteiger partial charge in [-0.2, -0.15) is 0 Å². The standard InChI is InChI=1S/C9H16N2/c1-2-6-3-7(4-6)8-5-11-9(8)10/h3,6,8-9,11H,2,4-5,10H2,1H3/t6?,8-,9+/m0/s1. The van der Waals surface area contributed by atoms with Gasteiger partial charge in [-0.05, 0) is 18.8 Å². The fraction of sp³-hybridized carbons (Fsp3) is 0.778. The first-order chi connectivity index (χ1) is 5.31. The van der Waals surface area contributed by atoms with Crippen molar-refractivity contribution in [2.75, 3.05) is 6.54 Å². The minimum absolute atomic E-state index is 0.249. The molecule has 0 aromatic heterocycles. The summed E-state index contributed by atoms with van der Waals surface area (Å²) in [5.74, 6) is 1.52. The second kappa shape index (κ2) is 2.61. The van der Waals surface area contributed by atoms with E-state index in [1.165, 1.54) is 12.8 Å². The SMILES string of the molecule is CCC1C=C([C@@H]2CN[C@H]2N)C1. The van der Waals surface area contributed by atoms with Gasteiger partial charge in [0.2, 0.25) is 0 Å². The van der Waals surface area contributed by atoms with E-state index >= 15 is 0 Å². The maximum Gasteiger partial charge on any atom is 0.0626 e. The van der Waals surface area contributed by atoms with Crippen molar-refractivity contribution in [3.05, 3.63) is 11.6 Å². The summed E-state index contributed by atoms with van der Waals surface area (Å²) in [6.07, 6.45) is 5.25. The fourth-order valence-corrected chi connectivity index (χ4v) is 1.84. The third kappa shape index (κ3) is 1.10. The molecule has 0 bridgehead atoms. The van der Waals surface area contributed by atoms with E-state index in [0.29, 0.717) is 5.92 Å². The molecule has 0 spiro atoms. The molecule has 62 valence electrons. The molecule has 3 N–H and O–H groups in total. The first-order valence-corrected chi connectivity index (χ1v) is 4.50. The Balaban J connectivity index is 1.89. The second-order valence-electron chi connectivity index (χ2n) is 3.65. The molecule has 0 radical (unpaired) electrons. The van der Waals surface area contributed by atoms with Crippen LogP contribution in [0.5, 0.6) is 0 Å². The zero-order chi connectivity index (χ0) is 7.84. The molecule has 2 nitrogen and oxygen atoms in total. The fourth-order valence-electron chi connectivity index (χ4n) is 1.84. The van der Waals surface area contributed by atoms with Crippen LogP contribution in [0.15, 0.2) is 11.6 Å². The number of allylic oxidation sites excluding steroid dienone is 1. The average molecular weight is 152 g/mol. The molecule has 1 aliphatic heterocycles. The van der Waals surface area contributed by atoms with Gasteiger partial charge in [0.1, 0.15) is 0 Å². The van der Waals surface area contributed by atoms with Gasteiger partial charge < -0.3 is 11.1 Å². The minimum Gasteiger partial charge on any atom is -0.315 e. The molecular weight excluding hydrogens is 136 g/mol. The van der Waals surface area contributed by atoms with Crippen LogP contribution >= 0.6 is 0 Å². The van der Waals surface area contributed by atoms with Gasteiger partial charge >= 0.3 is 0 Å². The van der Waals surface area contributed by atoms with E-state index in [2.05, 4.69) is 18.3 Å². The van der Waals surface area contributed by atoms with Crippen molar-refractivity contribution in [3.63, 3.8) is 0 Å². The Bertz CT molecular complexity index is 186. The van der Waals surface area contributed by atoms with Crippen molar-refractivity contribution < 1.29 is 0 Å². The van der Waals surface area contributed by atoms with E-state index in [-0.39, 0.29) is 6.17 Å². The number of nitrogens with one attached hydrogen (secondary N) is 1. The number of hydrogen-bond donors (Lipinski definition) is 2. The van der Waals surface area contributed by atoms with Crippen molar-refractivity contribution in [2.45, 2.75) is 25.9 Å². The van der Waals surface area contributed by atoms with Crippen LogP contribution in [0.3, 0.4) is 0 Å². The highest BCUT2D eigenvalue weighted by Crippen LogP contribution is 2.36. The number of nitrogens with two attached hydrogens (primary N) is 1. The summed E-state index contributed by atoms with van der Waals surface area (Å²) in [6, 6.07) is 0. The third-order valence-electron chi connectivity index (χ3n) is 2.96. The van der Waals surface area contributed by atoms with E-state index < -0.39 is 0 Å². The van der Waals surface area contributed by atoms with Crippen molar-refractivity contribution in [3.8, 4) is 0 Å². The highest BCUT2D eigenvalue weighted by atomic mass is 15.1. The third-order valence-corrected chi connectivity index (χ3v) is 2.96. The van der Waals surface area contributed by atoms with Crippen LogP contribution in [0, 0.1) is 11.8 Å². The van der Waals surface area contributed by atoms with Crippen molar-refractivity contribution in [1.82, 2.24) is 5.32 Å². The Labute approximate surface area is 67.8 Å². The van der Waals surface area contributed by atoms with Crippen molar-refractivity contribution >= 4 is 0 Å². The van der Waals surface area contributed by atoms with Gasteiger partial charge in [0.15, 0.2) is 0 Å². The normalized spacial score (nSPS) is 42.4. The van der Waals surface area contributed by atoms with E-state index in [1.807, 2.05) is 0 Å². The Morgan fingerprint density at radius 1 is 1.73 bits per heavy atom. The highest BCUT2D eigenvalue weighted by Gasteiger charge is 2.34. The lowest BCUT2D eigenvalue weighted by Crippen LogP contribution is -2.59. The smallest absolute Gasteiger partial charge is 0.0626 e. The molecular formula is C9H16N2. The van der Waals surface area contributed by atoms with E-state index in [1.54, 1.807) is 5.57 Å². The zero-order valence-electron chi connectivity index (χ0n) is 7.01. The van der Waals surface area contributed by atoms with E-state index in [9.17, 15) is 0 Å². The number of hydrogen-bond acceptors (Lipinski definition) is 2. The van der Waals surface area contributed by atoms with E-state index in [0.717, 1.165) is 12.5 Å². The highest BCUT2D eigenvalue weighted by molar-refractivity contribution is 5.23. The predicted octanol–water partition coefficient (Wildman–Crippen LogP) is 0.847.